The van der Waals surface area contributed by atoms with Gasteiger partial charge in [-0.2, -0.15) is 5.10 Å². The lowest BCUT2D eigenvalue weighted by molar-refractivity contribution is -0.155. The molecule has 0 radical (unpaired) electrons. The van der Waals surface area contributed by atoms with Gasteiger partial charge in [0.1, 0.15) is 23.6 Å². The molecule has 2 aliphatic rings. The molecule has 5 rings (SSSR count). The van der Waals surface area contributed by atoms with Gasteiger partial charge in [-0.1, -0.05) is 23.4 Å². The zero-order valence-corrected chi connectivity index (χ0v) is 21.4. The number of halogens is 4. The lowest BCUT2D eigenvalue weighted by Crippen LogP contribution is -2.40. The van der Waals surface area contributed by atoms with Gasteiger partial charge in [0.25, 0.3) is 12.9 Å². The Morgan fingerprint density at radius 2 is 1.95 bits per heavy atom. The summed E-state index contributed by atoms with van der Waals surface area (Å²) >= 11 is 1.48. The van der Waals surface area contributed by atoms with E-state index in [9.17, 15) is 22.4 Å². The number of rotatable bonds is 7. The summed E-state index contributed by atoms with van der Waals surface area (Å²) < 4.78 is 64.9. The number of likely N-dealkylation sites (tertiary alicyclic amines) is 1. The number of carbonyl (C=O) groups is 1. The highest BCUT2D eigenvalue weighted by atomic mass is 32.1. The molecule has 0 bridgehead atoms. The predicted octanol–water partition coefficient (Wildman–Crippen LogP) is 5.17. The highest BCUT2D eigenvalue weighted by molar-refractivity contribution is 7.09. The Morgan fingerprint density at radius 1 is 1.18 bits per heavy atom. The van der Waals surface area contributed by atoms with Gasteiger partial charge in [0.2, 0.25) is 12.2 Å². The molecule has 2 aromatic heterocycles. The van der Waals surface area contributed by atoms with E-state index in [2.05, 4.69) is 10.3 Å². The largest absolute Gasteiger partial charge is 0.411 e. The number of piperidine rings is 1. The molecule has 39 heavy (non-hydrogen) atoms. The molecule has 1 aromatic carbocycles. The Kier molecular flexibility index (Phi) is 8.23. The Hall–Kier alpha value is -3.36. The zero-order valence-electron chi connectivity index (χ0n) is 20.6. The number of thiazole rings is 1. The molecule has 1 N–H and O–H groups in total. The van der Waals surface area contributed by atoms with Crippen molar-refractivity contribution < 1.29 is 37.0 Å². The zero-order chi connectivity index (χ0) is 27.5. The third-order valence-corrected chi connectivity index (χ3v) is 7.84. The monoisotopic (exact) mass is 567 g/mol. The van der Waals surface area contributed by atoms with E-state index in [1.807, 2.05) is 23.6 Å². The van der Waals surface area contributed by atoms with Gasteiger partial charge in [0, 0.05) is 30.0 Å². The first-order valence-electron chi connectivity index (χ1n) is 12.2. The molecule has 1 atom stereocenters. The smallest absolute Gasteiger partial charge is 0.282 e. The maximum Gasteiger partial charge on any atom is 0.282 e. The number of hydrogen-bond donors (Lipinski definition) is 1. The number of ether oxygens (including phenoxy) is 2. The number of fused-ring (bicyclic) bond motifs is 1. The molecular formula is C25H25F4N5O4S. The highest BCUT2D eigenvalue weighted by Gasteiger charge is 2.29. The second-order valence-electron chi connectivity index (χ2n) is 9.20. The van der Waals surface area contributed by atoms with Crippen LogP contribution in [0.4, 0.5) is 17.6 Å². The summed E-state index contributed by atoms with van der Waals surface area (Å²) in [7, 11) is 0. The van der Waals surface area contributed by atoms with Crippen LogP contribution in [-0.2, 0) is 34.0 Å². The van der Waals surface area contributed by atoms with Crippen LogP contribution in [0.15, 0.2) is 34.8 Å². The molecule has 4 heterocycles. The van der Waals surface area contributed by atoms with E-state index in [0.29, 0.717) is 49.0 Å². The molecule has 2 aliphatic heterocycles. The fraction of sp³-hybridized carbons (Fsp3) is 0.440. The summed E-state index contributed by atoms with van der Waals surface area (Å²) in [6.07, 6.45) is -4.10. The summed E-state index contributed by atoms with van der Waals surface area (Å²) in [5.41, 5.74) is 1.72. The van der Waals surface area contributed by atoms with Crippen LogP contribution in [0.3, 0.4) is 0 Å². The Morgan fingerprint density at radius 3 is 2.67 bits per heavy atom. The normalized spacial score (nSPS) is 18.7. The minimum atomic E-state index is -3.02. The molecule has 0 aliphatic carbocycles. The van der Waals surface area contributed by atoms with E-state index in [4.69, 9.17) is 19.7 Å². The maximum absolute atomic E-state index is 13.2. The minimum Gasteiger partial charge on any atom is -0.411 e. The van der Waals surface area contributed by atoms with Gasteiger partial charge in [0.05, 0.1) is 24.4 Å². The Labute approximate surface area is 224 Å². The number of benzene rings is 1. The quantitative estimate of drug-likeness (QED) is 0.183. The summed E-state index contributed by atoms with van der Waals surface area (Å²) in [5.74, 6) is -0.362. The molecule has 9 nitrogen and oxygen atoms in total. The van der Waals surface area contributed by atoms with Crippen molar-refractivity contribution in [3.05, 3.63) is 68.4 Å². The van der Waals surface area contributed by atoms with Crippen molar-refractivity contribution in [1.29, 1.82) is 0 Å². The average Bonchev–Trinajstić information content (AvgIpc) is 3.52. The van der Waals surface area contributed by atoms with Gasteiger partial charge in [-0.05, 0) is 30.0 Å². The molecule has 1 fully saturated rings. The lowest BCUT2D eigenvalue weighted by atomic mass is 9.97. The summed E-state index contributed by atoms with van der Waals surface area (Å²) in [4.78, 5) is 19.0. The number of hydrogen-bond acceptors (Lipinski definition) is 8. The van der Waals surface area contributed by atoms with E-state index in [1.54, 1.807) is 0 Å². The van der Waals surface area contributed by atoms with Crippen LogP contribution < -0.4 is 0 Å². The SMILES string of the molecule is O=C(Cn1nc(C(F)F)cc1C(F)F)N1CCC(c2nc(C3OCc4cccc(C=NO)c4CO3)cs2)CC1. The van der Waals surface area contributed by atoms with E-state index in [-0.39, 0.29) is 12.5 Å². The maximum atomic E-state index is 13.2. The number of aromatic nitrogens is 3. The van der Waals surface area contributed by atoms with Gasteiger partial charge in [-0.25, -0.2) is 22.5 Å². The van der Waals surface area contributed by atoms with Crippen molar-refractivity contribution in [1.82, 2.24) is 19.7 Å². The van der Waals surface area contributed by atoms with Crippen molar-refractivity contribution in [3.8, 4) is 0 Å². The van der Waals surface area contributed by atoms with Gasteiger partial charge in [-0.15, -0.1) is 11.3 Å². The van der Waals surface area contributed by atoms with Crippen molar-refractivity contribution in [2.24, 2.45) is 5.16 Å². The highest BCUT2D eigenvalue weighted by Crippen LogP contribution is 2.35. The fourth-order valence-corrected chi connectivity index (χ4v) is 5.75. The van der Waals surface area contributed by atoms with Crippen LogP contribution in [-0.4, -0.2) is 50.1 Å². The number of nitrogens with zero attached hydrogens (tertiary/aromatic N) is 5. The fourth-order valence-electron chi connectivity index (χ4n) is 4.75. The molecule has 1 unspecified atom stereocenters. The third-order valence-electron chi connectivity index (χ3n) is 6.82. The first kappa shape index (κ1) is 27.2. The van der Waals surface area contributed by atoms with Crippen LogP contribution >= 0.6 is 11.3 Å². The van der Waals surface area contributed by atoms with Crippen LogP contribution in [0.1, 0.15) is 76.7 Å². The molecule has 208 valence electrons. The van der Waals surface area contributed by atoms with Crippen LogP contribution in [0.2, 0.25) is 0 Å². The van der Waals surface area contributed by atoms with Crippen molar-refractivity contribution in [2.45, 2.75) is 57.7 Å². The van der Waals surface area contributed by atoms with Crippen molar-refractivity contribution in [2.75, 3.05) is 13.1 Å². The molecular weight excluding hydrogens is 542 g/mol. The van der Waals surface area contributed by atoms with Gasteiger partial charge in [-0.3, -0.25) is 9.48 Å². The number of oxime groups is 1. The third kappa shape index (κ3) is 5.97. The van der Waals surface area contributed by atoms with Gasteiger partial charge < -0.3 is 19.6 Å². The summed E-state index contributed by atoms with van der Waals surface area (Å²) in [6, 6.07) is 6.24. The summed E-state index contributed by atoms with van der Waals surface area (Å²) in [6.45, 7) is 0.808. The van der Waals surface area contributed by atoms with E-state index in [0.717, 1.165) is 21.7 Å². The Bertz CT molecular complexity index is 1340. The van der Waals surface area contributed by atoms with E-state index < -0.39 is 43.0 Å². The first-order valence-corrected chi connectivity index (χ1v) is 13.1. The molecule has 3 aromatic rings. The van der Waals surface area contributed by atoms with Crippen LogP contribution in [0, 0.1) is 0 Å². The van der Waals surface area contributed by atoms with E-state index >= 15 is 0 Å². The molecule has 0 saturated carbocycles. The van der Waals surface area contributed by atoms with Crippen LogP contribution in [0.25, 0.3) is 0 Å². The molecule has 1 amide bonds. The second kappa shape index (κ2) is 11.8. The molecule has 14 heteroatoms. The topological polar surface area (TPSA) is 102 Å². The minimum absolute atomic E-state index is 0.0925. The van der Waals surface area contributed by atoms with Crippen molar-refractivity contribution in [3.63, 3.8) is 0 Å². The standard InChI is InChI=1S/C25H25F4N5O4S/c26-22(27)18-8-20(23(28)29)34(32-18)10-21(35)33-6-4-14(5-7-33)24-31-19(13-39-24)25-37-11-16-3-1-2-15(9-30-36)17(16)12-38-25/h1-3,8-9,13-14,22-23,25,36H,4-7,10-12H2. The van der Waals surface area contributed by atoms with Crippen molar-refractivity contribution >= 4 is 23.5 Å². The van der Waals surface area contributed by atoms with Gasteiger partial charge in [0.15, 0.2) is 0 Å². The van der Waals surface area contributed by atoms with Gasteiger partial charge >= 0.3 is 0 Å². The predicted molar refractivity (Wildman–Crippen MR) is 131 cm³/mol. The first-order chi connectivity index (χ1) is 18.8. The number of amides is 1. The Balaban J connectivity index is 1.18. The second-order valence-corrected chi connectivity index (χ2v) is 10.1. The van der Waals surface area contributed by atoms with Crippen LogP contribution in [0.5, 0.6) is 0 Å². The molecule has 1 saturated heterocycles. The lowest BCUT2D eigenvalue weighted by Gasteiger charge is -2.31. The molecule has 0 spiro atoms. The van der Waals surface area contributed by atoms with E-state index in [1.165, 1.54) is 22.5 Å². The number of carbonyl (C=O) groups excluding carboxylic acids is 1. The number of alkyl halides is 4. The summed E-state index contributed by atoms with van der Waals surface area (Å²) in [5, 5.41) is 18.3. The average molecular weight is 568 g/mol.